The third kappa shape index (κ3) is 3.49. The molecule has 6 nitrogen and oxygen atoms in total. The van der Waals surface area contributed by atoms with Crippen molar-refractivity contribution in [2.45, 2.75) is 19.0 Å². The Bertz CT molecular complexity index is 1220. The molecule has 0 fully saturated rings. The summed E-state index contributed by atoms with van der Waals surface area (Å²) in [6.45, 7) is 1.63. The molecule has 3 heterocycles. The summed E-state index contributed by atoms with van der Waals surface area (Å²) in [6.07, 6.45) is 4.68. The van der Waals surface area contributed by atoms with E-state index in [0.717, 1.165) is 41.9 Å². The molecule has 0 aliphatic carbocycles. The Kier molecular flexibility index (Phi) is 5.00. The summed E-state index contributed by atoms with van der Waals surface area (Å²) in [4.78, 5) is 10.5. The van der Waals surface area contributed by atoms with E-state index < -0.39 is 0 Å². The van der Waals surface area contributed by atoms with Crippen LogP contribution in [0.2, 0.25) is 0 Å². The quantitative estimate of drug-likeness (QED) is 0.505. The predicted molar refractivity (Wildman–Crippen MR) is 120 cm³/mol. The molecule has 2 N–H and O–H groups in total. The van der Waals surface area contributed by atoms with E-state index in [1.807, 2.05) is 30.5 Å². The van der Waals surface area contributed by atoms with E-state index in [2.05, 4.69) is 33.1 Å². The lowest BCUT2D eigenvalue weighted by molar-refractivity contribution is 0.201. The molecular weight excluding hydrogens is 390 g/mol. The summed E-state index contributed by atoms with van der Waals surface area (Å²) in [5.74, 6) is 1.51. The van der Waals surface area contributed by atoms with E-state index in [1.54, 1.807) is 26.5 Å². The highest BCUT2D eigenvalue weighted by Gasteiger charge is 2.32. The molecular formula is C25H25N3O3. The van der Waals surface area contributed by atoms with Gasteiger partial charge in [0.1, 0.15) is 5.75 Å². The van der Waals surface area contributed by atoms with Crippen molar-refractivity contribution in [3.63, 3.8) is 0 Å². The number of phenols is 1. The maximum atomic E-state index is 9.96. The van der Waals surface area contributed by atoms with Gasteiger partial charge in [0.15, 0.2) is 11.5 Å². The number of ether oxygens (including phenoxy) is 2. The second-order valence-corrected chi connectivity index (χ2v) is 7.84. The van der Waals surface area contributed by atoms with E-state index in [0.29, 0.717) is 5.75 Å². The maximum absolute atomic E-state index is 9.96. The molecule has 158 valence electrons. The average Bonchev–Trinajstić information content (AvgIpc) is 3.18. The number of fused-ring (bicyclic) bond motifs is 3. The first-order valence-electron chi connectivity index (χ1n) is 10.4. The first-order chi connectivity index (χ1) is 15.2. The first kappa shape index (κ1) is 19.5. The van der Waals surface area contributed by atoms with Gasteiger partial charge in [0.05, 0.1) is 20.3 Å². The third-order valence-electron chi connectivity index (χ3n) is 6.06. The summed E-state index contributed by atoms with van der Waals surface area (Å²) in [5.41, 5.74) is 5.89. The third-order valence-corrected chi connectivity index (χ3v) is 6.06. The molecule has 0 unspecified atom stereocenters. The lowest BCUT2D eigenvalue weighted by Crippen LogP contribution is -2.35. The number of nitrogens with zero attached hydrogens (tertiary/aromatic N) is 2. The number of nitrogens with one attached hydrogen (secondary N) is 1. The first-order valence-corrected chi connectivity index (χ1v) is 10.4. The van der Waals surface area contributed by atoms with E-state index in [1.165, 1.54) is 16.6 Å². The molecule has 31 heavy (non-hydrogen) atoms. The smallest absolute Gasteiger partial charge is 0.160 e. The molecule has 0 spiro atoms. The van der Waals surface area contributed by atoms with Crippen LogP contribution in [0.25, 0.3) is 10.9 Å². The van der Waals surface area contributed by atoms with Crippen LogP contribution in [0.5, 0.6) is 17.2 Å². The van der Waals surface area contributed by atoms with E-state index >= 15 is 0 Å². The van der Waals surface area contributed by atoms with Crippen molar-refractivity contribution >= 4 is 10.9 Å². The largest absolute Gasteiger partial charge is 0.504 e. The Morgan fingerprint density at radius 2 is 2.03 bits per heavy atom. The SMILES string of the molecule is COc1ccc2[nH]c3c(c2c1)CCN(Cc1ccc(O)c(OC)c1)[C@@H]3c1cccnc1. The number of pyridine rings is 1. The highest BCUT2D eigenvalue weighted by molar-refractivity contribution is 5.86. The van der Waals surface area contributed by atoms with Crippen molar-refractivity contribution in [1.29, 1.82) is 0 Å². The number of methoxy groups -OCH3 is 2. The van der Waals surface area contributed by atoms with Crippen molar-refractivity contribution in [1.82, 2.24) is 14.9 Å². The standard InChI is InChI=1S/C25H25N3O3/c1-30-18-6-7-21-20(13-18)19-9-11-28(15-16-5-8-22(29)23(12-16)31-2)25(24(19)27-21)17-4-3-10-26-14-17/h3-8,10,12-14,25,27,29H,9,11,15H2,1-2H3/t25-/m1/s1. The molecule has 5 rings (SSSR count). The summed E-state index contributed by atoms with van der Waals surface area (Å²) in [6, 6.07) is 15.9. The molecule has 4 aromatic rings. The summed E-state index contributed by atoms with van der Waals surface area (Å²) >= 11 is 0. The van der Waals surface area contributed by atoms with Crippen LogP contribution in [0.15, 0.2) is 60.9 Å². The van der Waals surface area contributed by atoms with Gasteiger partial charge in [-0.3, -0.25) is 9.88 Å². The minimum atomic E-state index is 0.0515. The molecule has 2 aromatic carbocycles. The normalized spacial score (nSPS) is 16.3. The molecule has 0 bridgehead atoms. The number of aromatic amines is 1. The van der Waals surface area contributed by atoms with Crippen molar-refractivity contribution in [3.05, 3.63) is 83.3 Å². The molecule has 0 radical (unpaired) electrons. The molecule has 1 atom stereocenters. The highest BCUT2D eigenvalue weighted by Crippen LogP contribution is 2.40. The Morgan fingerprint density at radius 3 is 2.81 bits per heavy atom. The van der Waals surface area contributed by atoms with Gasteiger partial charge in [-0.1, -0.05) is 12.1 Å². The number of rotatable bonds is 5. The number of phenolic OH excluding ortho intramolecular Hbond substituents is 1. The number of aromatic nitrogens is 2. The Labute approximate surface area is 181 Å². The van der Waals surface area contributed by atoms with Gasteiger partial charge in [-0.15, -0.1) is 0 Å². The van der Waals surface area contributed by atoms with Crippen LogP contribution in [0, 0.1) is 0 Å². The molecule has 6 heteroatoms. The van der Waals surface area contributed by atoms with Crippen molar-refractivity contribution in [3.8, 4) is 17.2 Å². The van der Waals surface area contributed by atoms with Gasteiger partial charge in [-0.05, 0) is 59.5 Å². The van der Waals surface area contributed by atoms with E-state index in [9.17, 15) is 5.11 Å². The van der Waals surface area contributed by atoms with Crippen LogP contribution in [-0.4, -0.2) is 40.7 Å². The van der Waals surface area contributed by atoms with Gasteiger partial charge in [0.2, 0.25) is 0 Å². The summed E-state index contributed by atoms with van der Waals surface area (Å²) < 4.78 is 10.8. The topological polar surface area (TPSA) is 70.6 Å². The van der Waals surface area contributed by atoms with Gasteiger partial charge in [-0.25, -0.2) is 0 Å². The predicted octanol–water partition coefficient (Wildman–Crippen LogP) is 4.43. The fourth-order valence-corrected chi connectivity index (χ4v) is 4.58. The lowest BCUT2D eigenvalue weighted by Gasteiger charge is -2.36. The van der Waals surface area contributed by atoms with Gasteiger partial charge < -0.3 is 19.6 Å². The number of benzene rings is 2. The summed E-state index contributed by atoms with van der Waals surface area (Å²) in [5, 5.41) is 11.2. The van der Waals surface area contributed by atoms with Gasteiger partial charge in [-0.2, -0.15) is 0 Å². The second kappa shape index (κ2) is 7.96. The van der Waals surface area contributed by atoms with E-state index in [4.69, 9.17) is 9.47 Å². The van der Waals surface area contributed by atoms with Gasteiger partial charge in [0, 0.05) is 42.1 Å². The van der Waals surface area contributed by atoms with Crippen LogP contribution in [0.3, 0.4) is 0 Å². The van der Waals surface area contributed by atoms with Gasteiger partial charge in [0.25, 0.3) is 0 Å². The maximum Gasteiger partial charge on any atom is 0.160 e. The minimum Gasteiger partial charge on any atom is -0.504 e. The zero-order valence-corrected chi connectivity index (χ0v) is 17.6. The molecule has 2 aromatic heterocycles. The Hall–Kier alpha value is -3.51. The lowest BCUT2D eigenvalue weighted by atomic mass is 9.92. The Morgan fingerprint density at radius 1 is 1.13 bits per heavy atom. The van der Waals surface area contributed by atoms with Crippen molar-refractivity contribution in [2.24, 2.45) is 0 Å². The average molecular weight is 415 g/mol. The fraction of sp³-hybridized carbons (Fsp3) is 0.240. The van der Waals surface area contributed by atoms with Crippen LogP contribution < -0.4 is 9.47 Å². The van der Waals surface area contributed by atoms with Crippen LogP contribution in [0.1, 0.15) is 28.4 Å². The Balaban J connectivity index is 1.59. The molecule has 0 amide bonds. The fourth-order valence-electron chi connectivity index (χ4n) is 4.58. The molecule has 1 aliphatic rings. The number of hydrogen-bond acceptors (Lipinski definition) is 5. The van der Waals surface area contributed by atoms with Crippen LogP contribution in [-0.2, 0) is 13.0 Å². The van der Waals surface area contributed by atoms with Crippen molar-refractivity contribution in [2.75, 3.05) is 20.8 Å². The number of H-pyrrole nitrogens is 1. The molecule has 0 saturated heterocycles. The number of aromatic hydroxyl groups is 1. The number of hydrogen-bond donors (Lipinski definition) is 2. The van der Waals surface area contributed by atoms with Crippen LogP contribution in [0.4, 0.5) is 0 Å². The minimum absolute atomic E-state index is 0.0515. The summed E-state index contributed by atoms with van der Waals surface area (Å²) in [7, 11) is 3.27. The van der Waals surface area contributed by atoms with Gasteiger partial charge >= 0.3 is 0 Å². The molecule has 1 aliphatic heterocycles. The highest BCUT2D eigenvalue weighted by atomic mass is 16.5. The van der Waals surface area contributed by atoms with Crippen LogP contribution >= 0.6 is 0 Å². The van der Waals surface area contributed by atoms with Crippen molar-refractivity contribution < 1.29 is 14.6 Å². The molecule has 0 saturated carbocycles. The zero-order valence-electron chi connectivity index (χ0n) is 17.6. The zero-order chi connectivity index (χ0) is 21.4. The van der Waals surface area contributed by atoms with E-state index in [-0.39, 0.29) is 11.8 Å². The second-order valence-electron chi connectivity index (χ2n) is 7.84. The monoisotopic (exact) mass is 415 g/mol.